The fraction of sp³-hybridized carbons (Fsp3) is 0.350. The standard InChI is InChI=1S/C20H22F2N2O/c1-12-6-8-14(9-7-12)18(15-10-11-15)23-13(2)20(25)24-19-16(21)4-3-5-17(19)22/h3-9,13,15,18,23H,10-11H2,1-2H3,(H,24,25)/t13-,18+/m0/s1. The Morgan fingerprint density at radius 1 is 1.08 bits per heavy atom. The summed E-state index contributed by atoms with van der Waals surface area (Å²) in [5.41, 5.74) is 1.91. The Morgan fingerprint density at radius 3 is 2.24 bits per heavy atom. The molecule has 0 spiro atoms. The molecule has 2 aromatic rings. The van der Waals surface area contributed by atoms with Crippen LogP contribution in [0.5, 0.6) is 0 Å². The molecule has 1 aliphatic rings. The van der Waals surface area contributed by atoms with Crippen LogP contribution in [0.3, 0.4) is 0 Å². The lowest BCUT2D eigenvalue weighted by Crippen LogP contribution is -2.41. The van der Waals surface area contributed by atoms with E-state index in [0.29, 0.717) is 5.92 Å². The zero-order valence-corrected chi connectivity index (χ0v) is 14.4. The molecule has 0 aliphatic heterocycles. The molecule has 0 unspecified atom stereocenters. The third kappa shape index (κ3) is 4.23. The molecule has 2 atom stereocenters. The van der Waals surface area contributed by atoms with Gasteiger partial charge in [0.1, 0.15) is 17.3 Å². The van der Waals surface area contributed by atoms with Gasteiger partial charge in [0.05, 0.1) is 6.04 Å². The van der Waals surface area contributed by atoms with Crippen molar-refractivity contribution >= 4 is 11.6 Å². The molecule has 0 radical (unpaired) electrons. The van der Waals surface area contributed by atoms with Gasteiger partial charge in [-0.3, -0.25) is 10.1 Å². The topological polar surface area (TPSA) is 41.1 Å². The third-order valence-corrected chi connectivity index (χ3v) is 4.56. The van der Waals surface area contributed by atoms with Crippen molar-refractivity contribution in [2.24, 2.45) is 5.92 Å². The minimum atomic E-state index is -0.780. The van der Waals surface area contributed by atoms with Crippen molar-refractivity contribution in [3.05, 3.63) is 65.2 Å². The highest BCUT2D eigenvalue weighted by Gasteiger charge is 2.34. The normalized spacial score (nSPS) is 16.3. The van der Waals surface area contributed by atoms with Crippen molar-refractivity contribution in [3.8, 4) is 0 Å². The molecule has 0 saturated heterocycles. The van der Waals surface area contributed by atoms with Crippen LogP contribution in [-0.2, 0) is 4.79 Å². The van der Waals surface area contributed by atoms with Crippen molar-refractivity contribution in [1.29, 1.82) is 0 Å². The van der Waals surface area contributed by atoms with E-state index in [1.165, 1.54) is 11.6 Å². The van der Waals surface area contributed by atoms with Crippen LogP contribution in [0.15, 0.2) is 42.5 Å². The van der Waals surface area contributed by atoms with Crippen LogP contribution in [0.2, 0.25) is 0 Å². The van der Waals surface area contributed by atoms with Crippen LogP contribution in [0, 0.1) is 24.5 Å². The summed E-state index contributed by atoms with van der Waals surface area (Å²) in [5, 5.41) is 5.67. The summed E-state index contributed by atoms with van der Waals surface area (Å²) in [4.78, 5) is 12.4. The fourth-order valence-electron chi connectivity index (χ4n) is 2.90. The number of carbonyl (C=O) groups excluding carboxylic acids is 1. The van der Waals surface area contributed by atoms with Crippen LogP contribution >= 0.6 is 0 Å². The predicted octanol–water partition coefficient (Wildman–Crippen LogP) is 4.34. The molecule has 3 rings (SSSR count). The second-order valence-electron chi connectivity index (χ2n) is 6.70. The van der Waals surface area contributed by atoms with Gasteiger partial charge < -0.3 is 5.32 Å². The number of nitrogens with one attached hydrogen (secondary N) is 2. The molecule has 1 saturated carbocycles. The van der Waals surface area contributed by atoms with Crippen LogP contribution in [-0.4, -0.2) is 11.9 Å². The Morgan fingerprint density at radius 2 is 1.68 bits per heavy atom. The van der Waals surface area contributed by atoms with E-state index in [1.807, 2.05) is 19.1 Å². The lowest BCUT2D eigenvalue weighted by Gasteiger charge is -2.23. The minimum Gasteiger partial charge on any atom is -0.320 e. The Bertz CT molecular complexity index is 737. The second-order valence-corrected chi connectivity index (χ2v) is 6.70. The number of hydrogen-bond acceptors (Lipinski definition) is 2. The van der Waals surface area contributed by atoms with Gasteiger partial charge in [-0.25, -0.2) is 8.78 Å². The summed E-state index contributed by atoms with van der Waals surface area (Å²) in [5.74, 6) is -1.53. The molecule has 0 bridgehead atoms. The molecule has 2 N–H and O–H groups in total. The van der Waals surface area contributed by atoms with Gasteiger partial charge in [-0.1, -0.05) is 35.9 Å². The zero-order valence-electron chi connectivity index (χ0n) is 14.4. The van der Waals surface area contributed by atoms with Gasteiger partial charge in [-0.05, 0) is 50.3 Å². The first-order valence-corrected chi connectivity index (χ1v) is 8.53. The highest BCUT2D eigenvalue weighted by Crippen LogP contribution is 2.41. The number of carbonyl (C=O) groups is 1. The molecule has 1 fully saturated rings. The first kappa shape index (κ1) is 17.5. The Labute approximate surface area is 146 Å². The molecule has 5 heteroatoms. The summed E-state index contributed by atoms with van der Waals surface area (Å²) >= 11 is 0. The molecule has 25 heavy (non-hydrogen) atoms. The van der Waals surface area contributed by atoms with E-state index in [4.69, 9.17) is 0 Å². The maximum Gasteiger partial charge on any atom is 0.241 e. The number of anilines is 1. The molecular formula is C20H22F2N2O. The van der Waals surface area contributed by atoms with Crippen molar-refractivity contribution in [1.82, 2.24) is 5.32 Å². The summed E-state index contributed by atoms with van der Waals surface area (Å²) in [6, 6.07) is 11.2. The zero-order chi connectivity index (χ0) is 18.0. The van der Waals surface area contributed by atoms with Gasteiger partial charge in [-0.15, -0.1) is 0 Å². The largest absolute Gasteiger partial charge is 0.320 e. The molecule has 3 nitrogen and oxygen atoms in total. The fourth-order valence-corrected chi connectivity index (χ4v) is 2.90. The van der Waals surface area contributed by atoms with Crippen molar-refractivity contribution < 1.29 is 13.6 Å². The smallest absolute Gasteiger partial charge is 0.241 e. The molecule has 0 aromatic heterocycles. The maximum atomic E-state index is 13.7. The van der Waals surface area contributed by atoms with Crippen LogP contribution in [0.1, 0.15) is 36.9 Å². The van der Waals surface area contributed by atoms with E-state index in [1.54, 1.807) is 6.92 Å². The lowest BCUT2D eigenvalue weighted by molar-refractivity contribution is -0.118. The van der Waals surface area contributed by atoms with E-state index in [0.717, 1.165) is 30.5 Å². The Hall–Kier alpha value is -2.27. The van der Waals surface area contributed by atoms with Crippen molar-refractivity contribution in [2.45, 2.75) is 38.8 Å². The number of para-hydroxylation sites is 1. The van der Waals surface area contributed by atoms with Gasteiger partial charge in [0.25, 0.3) is 0 Å². The third-order valence-electron chi connectivity index (χ3n) is 4.56. The van der Waals surface area contributed by atoms with Crippen LogP contribution in [0.4, 0.5) is 14.5 Å². The van der Waals surface area contributed by atoms with Crippen molar-refractivity contribution in [3.63, 3.8) is 0 Å². The number of benzene rings is 2. The van der Waals surface area contributed by atoms with Crippen LogP contribution < -0.4 is 10.6 Å². The molecule has 132 valence electrons. The van der Waals surface area contributed by atoms with Gasteiger partial charge in [0.2, 0.25) is 5.91 Å². The number of halogens is 2. The summed E-state index contributed by atoms with van der Waals surface area (Å²) < 4.78 is 27.4. The monoisotopic (exact) mass is 344 g/mol. The first-order valence-electron chi connectivity index (χ1n) is 8.53. The predicted molar refractivity (Wildman–Crippen MR) is 94.2 cm³/mol. The number of amides is 1. The van der Waals surface area contributed by atoms with E-state index in [-0.39, 0.29) is 6.04 Å². The highest BCUT2D eigenvalue weighted by molar-refractivity contribution is 5.94. The number of aryl methyl sites for hydroxylation is 1. The van der Waals surface area contributed by atoms with Gasteiger partial charge in [-0.2, -0.15) is 0 Å². The summed E-state index contributed by atoms with van der Waals surface area (Å²) in [6.45, 7) is 3.74. The first-order chi connectivity index (χ1) is 12.0. The van der Waals surface area contributed by atoms with Crippen molar-refractivity contribution in [2.75, 3.05) is 5.32 Å². The Balaban J connectivity index is 1.70. The Kier molecular flexibility index (Phi) is 5.13. The van der Waals surface area contributed by atoms with Crippen LogP contribution in [0.25, 0.3) is 0 Å². The maximum absolute atomic E-state index is 13.7. The molecule has 1 aliphatic carbocycles. The highest BCUT2D eigenvalue weighted by atomic mass is 19.1. The van der Waals surface area contributed by atoms with Gasteiger partial charge in [0.15, 0.2) is 0 Å². The molecule has 0 heterocycles. The van der Waals surface area contributed by atoms with E-state index < -0.39 is 29.3 Å². The minimum absolute atomic E-state index is 0.0619. The SMILES string of the molecule is Cc1ccc([C@@H](N[C@@H](C)C(=O)Nc2c(F)cccc2F)C2CC2)cc1. The lowest BCUT2D eigenvalue weighted by atomic mass is 10.00. The van der Waals surface area contributed by atoms with E-state index >= 15 is 0 Å². The number of rotatable bonds is 6. The van der Waals surface area contributed by atoms with E-state index in [2.05, 4.69) is 22.8 Å². The second kappa shape index (κ2) is 7.31. The quantitative estimate of drug-likeness (QED) is 0.818. The van der Waals surface area contributed by atoms with Gasteiger partial charge in [0, 0.05) is 6.04 Å². The summed E-state index contributed by atoms with van der Waals surface area (Å²) in [7, 11) is 0. The van der Waals surface area contributed by atoms with E-state index in [9.17, 15) is 13.6 Å². The van der Waals surface area contributed by atoms with Gasteiger partial charge >= 0.3 is 0 Å². The molecule has 2 aromatic carbocycles. The molecule has 1 amide bonds. The molecular weight excluding hydrogens is 322 g/mol. The number of hydrogen-bond donors (Lipinski definition) is 2. The average Bonchev–Trinajstić information content (AvgIpc) is 3.41. The average molecular weight is 344 g/mol. The summed E-state index contributed by atoms with van der Waals surface area (Å²) in [6.07, 6.45) is 2.23.